The molecule has 2 atom stereocenters. The van der Waals surface area contributed by atoms with Crippen molar-refractivity contribution in [2.45, 2.75) is 38.1 Å². The van der Waals surface area contributed by atoms with E-state index in [1.807, 2.05) is 6.07 Å². The number of aromatic nitrogens is 1. The smallest absolute Gasteiger partial charge is 0.303 e. The van der Waals surface area contributed by atoms with E-state index in [4.69, 9.17) is 14.6 Å². The molecule has 0 unspecified atom stereocenters. The second kappa shape index (κ2) is 12.9. The van der Waals surface area contributed by atoms with Gasteiger partial charge in [-0.3, -0.25) is 19.4 Å². The lowest BCUT2D eigenvalue weighted by atomic mass is 9.94. The molecule has 2 amide bonds. The number of carbonyl (C=O) groups is 3. The molecule has 0 radical (unpaired) electrons. The fourth-order valence-corrected chi connectivity index (χ4v) is 3.42. The number of amides is 2. The minimum atomic E-state index is -0.812. The van der Waals surface area contributed by atoms with Crippen molar-refractivity contribution in [2.24, 2.45) is 5.92 Å². The van der Waals surface area contributed by atoms with Crippen molar-refractivity contribution in [2.75, 3.05) is 40.0 Å². The number of ether oxygens (including phenoxy) is 2. The molecule has 0 aliphatic carbocycles. The second-order valence-electron chi connectivity index (χ2n) is 7.27. The maximum Gasteiger partial charge on any atom is 0.303 e. The van der Waals surface area contributed by atoms with Crippen LogP contribution >= 0.6 is 0 Å². The van der Waals surface area contributed by atoms with Crippen LogP contribution < -0.4 is 5.32 Å². The molecule has 30 heavy (non-hydrogen) atoms. The SMILES string of the molecule is CN1C(=O)C[C@H](C(=O)NCCCOCCCOCCCC(=O)O)[C@H]1c1cccnc1. The molecule has 0 bridgehead atoms. The standard InChI is InChI=1S/C21H31N3O6/c1-24-18(25)14-17(20(24)16-6-2-8-22-15-16)21(28)23-9-4-11-30-13-5-12-29-10-3-7-19(26)27/h2,6,8,15,17,20H,3-5,7,9-14H2,1H3,(H,23,28)(H,26,27)/t17-,20+/m0/s1. The van der Waals surface area contributed by atoms with Gasteiger partial charge in [0.1, 0.15) is 0 Å². The number of hydrogen-bond acceptors (Lipinski definition) is 6. The lowest BCUT2D eigenvalue weighted by Gasteiger charge is -2.24. The van der Waals surface area contributed by atoms with E-state index in [0.29, 0.717) is 45.8 Å². The van der Waals surface area contributed by atoms with Crippen molar-refractivity contribution in [3.8, 4) is 0 Å². The summed E-state index contributed by atoms with van der Waals surface area (Å²) >= 11 is 0. The van der Waals surface area contributed by atoms with Gasteiger partial charge in [0, 0.05) is 65.3 Å². The van der Waals surface area contributed by atoms with E-state index in [1.165, 1.54) is 0 Å². The van der Waals surface area contributed by atoms with Crippen molar-refractivity contribution < 1.29 is 29.0 Å². The van der Waals surface area contributed by atoms with E-state index in [1.54, 1.807) is 30.4 Å². The van der Waals surface area contributed by atoms with Crippen molar-refractivity contribution in [1.82, 2.24) is 15.2 Å². The van der Waals surface area contributed by atoms with Crippen LogP contribution in [0.25, 0.3) is 0 Å². The van der Waals surface area contributed by atoms with E-state index in [0.717, 1.165) is 12.0 Å². The molecule has 0 spiro atoms. The van der Waals surface area contributed by atoms with Gasteiger partial charge in [-0.25, -0.2) is 0 Å². The summed E-state index contributed by atoms with van der Waals surface area (Å²) in [5.74, 6) is -1.41. The Labute approximate surface area is 176 Å². The van der Waals surface area contributed by atoms with Gasteiger partial charge in [-0.1, -0.05) is 6.07 Å². The van der Waals surface area contributed by atoms with Crippen LogP contribution in [-0.2, 0) is 23.9 Å². The number of pyridine rings is 1. The van der Waals surface area contributed by atoms with E-state index in [9.17, 15) is 14.4 Å². The number of carboxylic acid groups (broad SMARTS) is 1. The average molecular weight is 421 g/mol. The number of carboxylic acids is 1. The predicted molar refractivity (Wildman–Crippen MR) is 109 cm³/mol. The summed E-state index contributed by atoms with van der Waals surface area (Å²) in [4.78, 5) is 40.8. The Balaban J connectivity index is 1.57. The number of nitrogens with one attached hydrogen (secondary N) is 1. The summed E-state index contributed by atoms with van der Waals surface area (Å²) in [6, 6.07) is 3.40. The van der Waals surface area contributed by atoms with Crippen LogP contribution in [0.1, 0.15) is 43.7 Å². The Bertz CT molecular complexity index is 685. The number of carbonyl (C=O) groups excluding carboxylic acids is 2. The van der Waals surface area contributed by atoms with Gasteiger partial charge >= 0.3 is 5.97 Å². The minimum Gasteiger partial charge on any atom is -0.481 e. The highest BCUT2D eigenvalue weighted by molar-refractivity contribution is 5.90. The molecule has 0 aromatic carbocycles. The van der Waals surface area contributed by atoms with Gasteiger partial charge in [0.2, 0.25) is 11.8 Å². The lowest BCUT2D eigenvalue weighted by molar-refractivity contribution is -0.137. The van der Waals surface area contributed by atoms with Crippen LogP contribution in [0.5, 0.6) is 0 Å². The number of aliphatic carboxylic acids is 1. The molecule has 2 heterocycles. The molecule has 1 aromatic heterocycles. The zero-order valence-electron chi connectivity index (χ0n) is 17.4. The predicted octanol–water partition coefficient (Wildman–Crippen LogP) is 1.40. The summed E-state index contributed by atoms with van der Waals surface area (Å²) in [6.07, 6.45) is 5.62. The van der Waals surface area contributed by atoms with E-state index in [2.05, 4.69) is 10.3 Å². The molecular weight excluding hydrogens is 390 g/mol. The summed E-state index contributed by atoms with van der Waals surface area (Å²) in [6.45, 7) is 2.54. The maximum atomic E-state index is 12.6. The van der Waals surface area contributed by atoms with Crippen LogP contribution in [0.4, 0.5) is 0 Å². The van der Waals surface area contributed by atoms with Crippen molar-refractivity contribution in [1.29, 1.82) is 0 Å². The topological polar surface area (TPSA) is 118 Å². The Morgan fingerprint density at radius 3 is 2.57 bits per heavy atom. The molecule has 2 N–H and O–H groups in total. The first-order chi connectivity index (χ1) is 14.5. The molecule has 2 rings (SSSR count). The fraction of sp³-hybridized carbons (Fsp3) is 0.619. The fourth-order valence-electron chi connectivity index (χ4n) is 3.42. The molecule has 1 saturated heterocycles. The lowest BCUT2D eigenvalue weighted by Crippen LogP contribution is -2.35. The molecule has 1 aromatic rings. The normalized spacial score (nSPS) is 18.6. The molecule has 1 aliphatic rings. The maximum absolute atomic E-state index is 12.6. The first-order valence-corrected chi connectivity index (χ1v) is 10.3. The third-order valence-corrected chi connectivity index (χ3v) is 4.97. The Morgan fingerprint density at radius 2 is 1.90 bits per heavy atom. The third kappa shape index (κ3) is 7.72. The van der Waals surface area contributed by atoms with Gasteiger partial charge in [0.25, 0.3) is 0 Å². The van der Waals surface area contributed by atoms with Crippen LogP contribution in [0.2, 0.25) is 0 Å². The number of nitrogens with zero attached hydrogens (tertiary/aromatic N) is 2. The van der Waals surface area contributed by atoms with Crippen LogP contribution in [0.15, 0.2) is 24.5 Å². The summed E-state index contributed by atoms with van der Waals surface area (Å²) < 4.78 is 10.8. The van der Waals surface area contributed by atoms with Gasteiger partial charge < -0.3 is 24.8 Å². The molecule has 9 nitrogen and oxygen atoms in total. The van der Waals surface area contributed by atoms with Gasteiger partial charge in [0.15, 0.2) is 0 Å². The van der Waals surface area contributed by atoms with Gasteiger partial charge in [-0.15, -0.1) is 0 Å². The second-order valence-corrected chi connectivity index (χ2v) is 7.27. The largest absolute Gasteiger partial charge is 0.481 e. The highest BCUT2D eigenvalue weighted by Crippen LogP contribution is 2.36. The molecule has 1 aliphatic heterocycles. The highest BCUT2D eigenvalue weighted by Gasteiger charge is 2.42. The first-order valence-electron chi connectivity index (χ1n) is 10.3. The molecular formula is C21H31N3O6. The molecule has 0 saturated carbocycles. The van der Waals surface area contributed by atoms with Crippen LogP contribution in [-0.4, -0.2) is 72.8 Å². The van der Waals surface area contributed by atoms with E-state index >= 15 is 0 Å². The van der Waals surface area contributed by atoms with Gasteiger partial charge in [-0.2, -0.15) is 0 Å². The summed E-state index contributed by atoms with van der Waals surface area (Å²) in [7, 11) is 1.72. The Morgan fingerprint density at radius 1 is 1.20 bits per heavy atom. The monoisotopic (exact) mass is 421 g/mol. The van der Waals surface area contributed by atoms with Gasteiger partial charge in [-0.05, 0) is 30.9 Å². The van der Waals surface area contributed by atoms with Crippen LogP contribution in [0, 0.1) is 5.92 Å². The third-order valence-electron chi connectivity index (χ3n) is 4.97. The number of likely N-dealkylation sites (tertiary alicyclic amines) is 1. The summed E-state index contributed by atoms with van der Waals surface area (Å²) in [5, 5.41) is 11.4. The quantitative estimate of drug-likeness (QED) is 0.436. The highest BCUT2D eigenvalue weighted by atomic mass is 16.5. The Hall–Kier alpha value is -2.52. The number of hydrogen-bond donors (Lipinski definition) is 2. The van der Waals surface area contributed by atoms with Crippen molar-refractivity contribution in [3.63, 3.8) is 0 Å². The Kier molecular flexibility index (Phi) is 10.2. The zero-order valence-corrected chi connectivity index (χ0v) is 17.4. The van der Waals surface area contributed by atoms with Crippen molar-refractivity contribution in [3.05, 3.63) is 30.1 Å². The van der Waals surface area contributed by atoms with Gasteiger partial charge in [0.05, 0.1) is 12.0 Å². The molecule has 9 heteroatoms. The zero-order chi connectivity index (χ0) is 21.8. The molecule has 166 valence electrons. The van der Waals surface area contributed by atoms with Crippen molar-refractivity contribution >= 4 is 17.8 Å². The average Bonchev–Trinajstić information content (AvgIpc) is 3.03. The number of rotatable bonds is 14. The molecule has 1 fully saturated rings. The summed E-state index contributed by atoms with van der Waals surface area (Å²) in [5.41, 5.74) is 0.861. The van der Waals surface area contributed by atoms with E-state index < -0.39 is 11.9 Å². The first kappa shape index (κ1) is 23.8. The van der Waals surface area contributed by atoms with E-state index in [-0.39, 0.29) is 30.7 Å². The van der Waals surface area contributed by atoms with Crippen LogP contribution in [0.3, 0.4) is 0 Å². The minimum absolute atomic E-state index is 0.0440.